The summed E-state index contributed by atoms with van der Waals surface area (Å²) in [7, 11) is 0.238. The minimum atomic E-state index is -3.00. The van der Waals surface area contributed by atoms with Gasteiger partial charge in [0.05, 0.1) is 5.75 Å². The van der Waals surface area contributed by atoms with Crippen molar-refractivity contribution < 1.29 is 8.42 Å². The predicted molar refractivity (Wildman–Crippen MR) is 67.8 cm³/mol. The monoisotopic (exact) mass is 247 g/mol. The second kappa shape index (κ2) is 5.50. The molecule has 0 atom stereocenters. The number of sulfonamides is 1. The summed E-state index contributed by atoms with van der Waals surface area (Å²) in [5.41, 5.74) is 0. The minimum Gasteiger partial charge on any atom is -0.212 e. The zero-order valence-corrected chi connectivity index (χ0v) is 11.8. The van der Waals surface area contributed by atoms with Gasteiger partial charge in [-0.15, -0.1) is 0 Å². The lowest BCUT2D eigenvalue weighted by molar-refractivity contribution is 0.235. The van der Waals surface area contributed by atoms with Crippen molar-refractivity contribution >= 4 is 10.0 Å². The Labute approximate surface area is 100 Å². The van der Waals surface area contributed by atoms with Gasteiger partial charge in [-0.2, -0.15) is 0 Å². The van der Waals surface area contributed by atoms with E-state index in [1.807, 2.05) is 0 Å². The molecule has 0 saturated heterocycles. The van der Waals surface area contributed by atoms with Crippen molar-refractivity contribution in [3.05, 3.63) is 0 Å². The van der Waals surface area contributed by atoms with Gasteiger partial charge in [0, 0.05) is 14.1 Å². The molecule has 96 valence electrons. The van der Waals surface area contributed by atoms with Gasteiger partial charge in [-0.25, -0.2) is 12.7 Å². The van der Waals surface area contributed by atoms with E-state index in [1.165, 1.54) is 17.1 Å². The van der Waals surface area contributed by atoms with Gasteiger partial charge < -0.3 is 0 Å². The van der Waals surface area contributed by atoms with Crippen LogP contribution in [0.15, 0.2) is 0 Å². The fourth-order valence-electron chi connectivity index (χ4n) is 2.47. The van der Waals surface area contributed by atoms with Crippen LogP contribution < -0.4 is 0 Å². The summed E-state index contributed by atoms with van der Waals surface area (Å²) in [6.07, 6.45) is 4.56. The fraction of sp³-hybridized carbons (Fsp3) is 1.00. The van der Waals surface area contributed by atoms with Gasteiger partial charge in [-0.05, 0) is 43.4 Å². The fourth-order valence-corrected chi connectivity index (χ4v) is 3.70. The number of hydrogen-bond acceptors (Lipinski definition) is 2. The third-order valence-corrected chi connectivity index (χ3v) is 5.84. The van der Waals surface area contributed by atoms with Crippen molar-refractivity contribution in [1.29, 1.82) is 0 Å². The smallest absolute Gasteiger partial charge is 0.212 e. The molecule has 0 aromatic rings. The van der Waals surface area contributed by atoms with E-state index in [4.69, 9.17) is 0 Å². The Bertz CT molecular complexity index is 301. The van der Waals surface area contributed by atoms with E-state index in [0.29, 0.717) is 11.7 Å². The van der Waals surface area contributed by atoms with Crippen LogP contribution in [0.2, 0.25) is 0 Å². The summed E-state index contributed by atoms with van der Waals surface area (Å²) in [6, 6.07) is 0. The lowest BCUT2D eigenvalue weighted by Crippen LogP contribution is -2.31. The van der Waals surface area contributed by atoms with Crippen LogP contribution in [-0.4, -0.2) is 32.6 Å². The maximum atomic E-state index is 11.7. The minimum absolute atomic E-state index is 0.338. The van der Waals surface area contributed by atoms with Gasteiger partial charge in [-0.3, -0.25) is 0 Å². The first-order valence-corrected chi connectivity index (χ1v) is 7.84. The topological polar surface area (TPSA) is 37.4 Å². The molecule has 0 aromatic heterocycles. The molecule has 0 aromatic carbocycles. The van der Waals surface area contributed by atoms with E-state index >= 15 is 0 Å². The van der Waals surface area contributed by atoms with E-state index in [0.717, 1.165) is 24.7 Å². The second-order valence-electron chi connectivity index (χ2n) is 5.59. The Balaban J connectivity index is 2.44. The SMILES string of the molecule is CC(C)[C@H]1CC[C@H](CS(=O)(=O)N(C)C)CC1. The maximum Gasteiger partial charge on any atom is 0.213 e. The largest absolute Gasteiger partial charge is 0.213 e. The van der Waals surface area contributed by atoms with E-state index in [1.54, 1.807) is 14.1 Å². The average Bonchev–Trinajstić information content (AvgIpc) is 2.17. The number of nitrogens with zero attached hydrogens (tertiary/aromatic N) is 1. The third kappa shape index (κ3) is 3.74. The van der Waals surface area contributed by atoms with Gasteiger partial charge in [0.1, 0.15) is 0 Å². The molecule has 3 nitrogen and oxygen atoms in total. The zero-order chi connectivity index (χ0) is 12.3. The van der Waals surface area contributed by atoms with Crippen molar-refractivity contribution in [1.82, 2.24) is 4.31 Å². The molecule has 16 heavy (non-hydrogen) atoms. The maximum absolute atomic E-state index is 11.7. The van der Waals surface area contributed by atoms with Crippen molar-refractivity contribution in [2.24, 2.45) is 17.8 Å². The lowest BCUT2D eigenvalue weighted by Gasteiger charge is -2.31. The highest BCUT2D eigenvalue weighted by Gasteiger charge is 2.27. The third-order valence-electron chi connectivity index (χ3n) is 3.84. The molecule has 0 unspecified atom stereocenters. The molecule has 4 heteroatoms. The average molecular weight is 247 g/mol. The van der Waals surface area contributed by atoms with Crippen molar-refractivity contribution in [2.45, 2.75) is 39.5 Å². The molecule has 1 rings (SSSR count). The Hall–Kier alpha value is -0.0900. The van der Waals surface area contributed by atoms with Gasteiger partial charge in [0.15, 0.2) is 0 Å². The summed E-state index contributed by atoms with van der Waals surface area (Å²) in [5, 5.41) is 0. The molecule has 0 aliphatic heterocycles. The molecule has 0 N–H and O–H groups in total. The van der Waals surface area contributed by atoms with Crippen molar-refractivity contribution in [2.75, 3.05) is 19.8 Å². The quantitative estimate of drug-likeness (QED) is 0.764. The van der Waals surface area contributed by atoms with Crippen LogP contribution in [0.1, 0.15) is 39.5 Å². The summed E-state index contributed by atoms with van der Waals surface area (Å²) in [5.74, 6) is 2.26. The highest BCUT2D eigenvalue weighted by molar-refractivity contribution is 7.89. The Kier molecular flexibility index (Phi) is 4.80. The Morgan fingerprint density at radius 1 is 1.12 bits per heavy atom. The molecule has 1 fully saturated rings. The molecule has 1 saturated carbocycles. The van der Waals surface area contributed by atoms with Crippen LogP contribution in [0, 0.1) is 17.8 Å². The first-order valence-electron chi connectivity index (χ1n) is 6.23. The molecular formula is C12H25NO2S. The van der Waals surface area contributed by atoms with Gasteiger partial charge >= 0.3 is 0 Å². The van der Waals surface area contributed by atoms with Crippen LogP contribution in [0.3, 0.4) is 0 Å². The van der Waals surface area contributed by atoms with E-state index < -0.39 is 10.0 Å². The molecule has 0 radical (unpaired) electrons. The second-order valence-corrected chi connectivity index (χ2v) is 7.81. The van der Waals surface area contributed by atoms with E-state index in [2.05, 4.69) is 13.8 Å². The zero-order valence-electron chi connectivity index (χ0n) is 10.9. The first-order chi connectivity index (χ1) is 7.33. The number of rotatable bonds is 4. The molecule has 0 bridgehead atoms. The van der Waals surface area contributed by atoms with Crippen LogP contribution in [0.25, 0.3) is 0 Å². The van der Waals surface area contributed by atoms with Gasteiger partial charge in [-0.1, -0.05) is 13.8 Å². The molecule has 0 amide bonds. The molecular weight excluding hydrogens is 222 g/mol. The van der Waals surface area contributed by atoms with Gasteiger partial charge in [0.2, 0.25) is 10.0 Å². The predicted octanol–water partition coefficient (Wildman–Crippen LogP) is 2.34. The van der Waals surface area contributed by atoms with Crippen LogP contribution >= 0.6 is 0 Å². The Morgan fingerprint density at radius 3 is 2.00 bits per heavy atom. The van der Waals surface area contributed by atoms with Crippen LogP contribution in [0.4, 0.5) is 0 Å². The first kappa shape index (κ1) is 14.0. The normalized spacial score (nSPS) is 27.6. The van der Waals surface area contributed by atoms with Crippen molar-refractivity contribution in [3.63, 3.8) is 0 Å². The molecule has 1 aliphatic carbocycles. The molecule has 0 heterocycles. The van der Waals surface area contributed by atoms with E-state index in [-0.39, 0.29) is 0 Å². The lowest BCUT2D eigenvalue weighted by atomic mass is 9.78. The summed E-state index contributed by atoms with van der Waals surface area (Å²) in [6.45, 7) is 4.53. The summed E-state index contributed by atoms with van der Waals surface area (Å²) < 4.78 is 24.8. The standard InChI is InChI=1S/C12H25NO2S/c1-10(2)12-7-5-11(6-8-12)9-16(14,15)13(3)4/h10-12H,5-9H2,1-4H3/t11-,12-. The Morgan fingerprint density at radius 2 is 1.62 bits per heavy atom. The summed E-state index contributed by atoms with van der Waals surface area (Å²) >= 11 is 0. The van der Waals surface area contributed by atoms with E-state index in [9.17, 15) is 8.42 Å². The number of hydrogen-bond donors (Lipinski definition) is 0. The van der Waals surface area contributed by atoms with Crippen LogP contribution in [-0.2, 0) is 10.0 Å². The summed E-state index contributed by atoms with van der Waals surface area (Å²) in [4.78, 5) is 0. The van der Waals surface area contributed by atoms with Crippen molar-refractivity contribution in [3.8, 4) is 0 Å². The van der Waals surface area contributed by atoms with Gasteiger partial charge in [0.25, 0.3) is 0 Å². The molecule has 1 aliphatic rings. The highest BCUT2D eigenvalue weighted by atomic mass is 32.2. The highest BCUT2D eigenvalue weighted by Crippen LogP contribution is 2.33. The van der Waals surface area contributed by atoms with Crippen LogP contribution in [0.5, 0.6) is 0 Å². The molecule has 0 spiro atoms.